The number of para-hydroxylation sites is 2. The molecule has 0 spiro atoms. The number of carbonyl (C=O) groups is 1. The van der Waals surface area contributed by atoms with Gasteiger partial charge in [0.2, 0.25) is 5.91 Å². The van der Waals surface area contributed by atoms with Gasteiger partial charge in [0.25, 0.3) is 0 Å². The number of anilines is 1. The van der Waals surface area contributed by atoms with Gasteiger partial charge < -0.3 is 14.5 Å². The zero-order chi connectivity index (χ0) is 20.9. The van der Waals surface area contributed by atoms with Crippen molar-refractivity contribution in [2.75, 3.05) is 44.7 Å². The normalized spacial score (nSPS) is 20.6. The molecule has 1 amide bonds. The van der Waals surface area contributed by atoms with Crippen LogP contribution in [0.15, 0.2) is 24.3 Å². The van der Waals surface area contributed by atoms with Crippen molar-refractivity contribution in [2.24, 2.45) is 0 Å². The highest BCUT2D eigenvalue weighted by Crippen LogP contribution is 2.33. The predicted octanol–water partition coefficient (Wildman–Crippen LogP) is 3.28. The number of hydrogen-bond donors (Lipinski definition) is 0. The number of nitriles is 1. The molecular weight excluding hydrogens is 364 g/mol. The highest BCUT2D eigenvalue weighted by molar-refractivity contribution is 5.82. The van der Waals surface area contributed by atoms with E-state index in [9.17, 15) is 10.1 Å². The van der Waals surface area contributed by atoms with Crippen molar-refractivity contribution in [3.8, 4) is 11.8 Å². The first-order valence-electron chi connectivity index (χ1n) is 10.9. The summed E-state index contributed by atoms with van der Waals surface area (Å²) in [6.45, 7) is 7.98. The topological polar surface area (TPSA) is 59.8 Å². The number of carbonyl (C=O) groups excluding carboxylic acids is 1. The molecule has 1 heterocycles. The summed E-state index contributed by atoms with van der Waals surface area (Å²) in [6, 6.07) is 10.4. The maximum absolute atomic E-state index is 13.2. The van der Waals surface area contributed by atoms with Gasteiger partial charge in [-0.25, -0.2) is 0 Å². The molecule has 6 heteroatoms. The molecule has 2 fully saturated rings. The van der Waals surface area contributed by atoms with Gasteiger partial charge in [0, 0.05) is 33.2 Å². The van der Waals surface area contributed by atoms with Crippen LogP contribution in [0.25, 0.3) is 0 Å². The summed E-state index contributed by atoms with van der Waals surface area (Å²) >= 11 is 0. The van der Waals surface area contributed by atoms with E-state index in [1.165, 1.54) is 0 Å². The van der Waals surface area contributed by atoms with Crippen LogP contribution in [0.3, 0.4) is 0 Å². The first-order chi connectivity index (χ1) is 14.0. The van der Waals surface area contributed by atoms with Crippen molar-refractivity contribution in [3.63, 3.8) is 0 Å². The molecule has 3 rings (SSSR count). The molecule has 0 radical (unpaired) electrons. The van der Waals surface area contributed by atoms with E-state index in [0.29, 0.717) is 6.61 Å². The number of ether oxygens (including phenoxy) is 1. The molecule has 1 saturated carbocycles. The van der Waals surface area contributed by atoms with Crippen molar-refractivity contribution in [1.82, 2.24) is 9.80 Å². The molecule has 29 heavy (non-hydrogen) atoms. The van der Waals surface area contributed by atoms with Gasteiger partial charge in [-0.1, -0.05) is 31.4 Å². The Balaban J connectivity index is 1.62. The highest BCUT2D eigenvalue weighted by atomic mass is 16.5. The Morgan fingerprint density at radius 1 is 1.21 bits per heavy atom. The van der Waals surface area contributed by atoms with Crippen molar-refractivity contribution in [1.29, 1.82) is 5.26 Å². The standard InChI is InChI=1S/C23H34N4O2/c1-4-29-21-11-7-6-10-20(21)27-16-14-26(15-17-27)19(2)22(28)25(3)23(18-24)12-8-5-9-13-23/h6-7,10-11,19H,4-5,8-9,12-17H2,1-3H3/t19-/m0/s1. The van der Waals surface area contributed by atoms with Crippen LogP contribution in [0.1, 0.15) is 46.0 Å². The molecule has 2 aliphatic rings. The molecule has 1 aromatic carbocycles. The van der Waals surface area contributed by atoms with E-state index in [4.69, 9.17) is 4.74 Å². The second kappa shape index (κ2) is 9.49. The molecule has 158 valence electrons. The molecule has 1 aromatic rings. The lowest BCUT2D eigenvalue weighted by atomic mass is 9.81. The quantitative estimate of drug-likeness (QED) is 0.736. The molecule has 0 aromatic heterocycles. The van der Waals surface area contributed by atoms with Crippen LogP contribution in [-0.4, -0.2) is 67.1 Å². The molecule has 0 bridgehead atoms. The third kappa shape index (κ3) is 4.51. The smallest absolute Gasteiger partial charge is 0.240 e. The van der Waals surface area contributed by atoms with E-state index in [1.807, 2.05) is 39.1 Å². The van der Waals surface area contributed by atoms with Crippen LogP contribution in [-0.2, 0) is 4.79 Å². The van der Waals surface area contributed by atoms with Gasteiger partial charge in [-0.15, -0.1) is 0 Å². The van der Waals surface area contributed by atoms with E-state index in [2.05, 4.69) is 21.9 Å². The predicted molar refractivity (Wildman–Crippen MR) is 115 cm³/mol. The number of likely N-dealkylation sites (N-methyl/N-ethyl adjacent to an activating group) is 1. The SMILES string of the molecule is CCOc1ccccc1N1CCN([C@@H](C)C(=O)N(C)C2(C#N)CCCCC2)CC1. The Kier molecular flexibility index (Phi) is 7.02. The van der Waals surface area contributed by atoms with Gasteiger partial charge in [-0.2, -0.15) is 5.26 Å². The van der Waals surface area contributed by atoms with Crippen molar-refractivity contribution >= 4 is 11.6 Å². The summed E-state index contributed by atoms with van der Waals surface area (Å²) < 4.78 is 5.78. The number of hydrogen-bond acceptors (Lipinski definition) is 5. The minimum atomic E-state index is -0.623. The Morgan fingerprint density at radius 2 is 1.86 bits per heavy atom. The number of nitrogens with zero attached hydrogens (tertiary/aromatic N) is 4. The number of benzene rings is 1. The maximum Gasteiger partial charge on any atom is 0.240 e. The lowest BCUT2D eigenvalue weighted by Crippen LogP contribution is -2.58. The summed E-state index contributed by atoms with van der Waals surface area (Å²) in [4.78, 5) is 19.5. The Hall–Kier alpha value is -2.26. The van der Waals surface area contributed by atoms with E-state index < -0.39 is 5.54 Å². The summed E-state index contributed by atoms with van der Waals surface area (Å²) in [6.07, 6.45) is 4.79. The molecule has 1 aliphatic heterocycles. The van der Waals surface area contributed by atoms with E-state index in [1.54, 1.807) is 4.90 Å². The third-order valence-electron chi connectivity index (χ3n) is 6.59. The fourth-order valence-corrected chi connectivity index (χ4v) is 4.65. The summed E-state index contributed by atoms with van der Waals surface area (Å²) in [5.74, 6) is 0.984. The maximum atomic E-state index is 13.2. The van der Waals surface area contributed by atoms with Crippen LogP contribution in [0.2, 0.25) is 0 Å². The largest absolute Gasteiger partial charge is 0.492 e. The zero-order valence-corrected chi connectivity index (χ0v) is 18.1. The summed E-state index contributed by atoms with van der Waals surface area (Å²) in [7, 11) is 1.82. The Bertz CT molecular complexity index is 731. The van der Waals surface area contributed by atoms with Crippen LogP contribution < -0.4 is 9.64 Å². The van der Waals surface area contributed by atoms with Gasteiger partial charge in [0.15, 0.2) is 0 Å². The average Bonchev–Trinajstić information content (AvgIpc) is 2.79. The fraction of sp³-hybridized carbons (Fsp3) is 0.652. The van der Waals surface area contributed by atoms with Gasteiger partial charge in [0.1, 0.15) is 11.3 Å². The van der Waals surface area contributed by atoms with Crippen LogP contribution in [0.4, 0.5) is 5.69 Å². The van der Waals surface area contributed by atoms with E-state index >= 15 is 0 Å². The molecule has 1 aliphatic carbocycles. The second-order valence-electron chi connectivity index (χ2n) is 8.20. The third-order valence-corrected chi connectivity index (χ3v) is 6.59. The van der Waals surface area contributed by atoms with Crippen LogP contribution in [0.5, 0.6) is 5.75 Å². The first kappa shape index (κ1) is 21.4. The van der Waals surface area contributed by atoms with Crippen molar-refractivity contribution in [3.05, 3.63) is 24.3 Å². The lowest BCUT2D eigenvalue weighted by molar-refractivity contribution is -0.140. The molecule has 1 saturated heterocycles. The van der Waals surface area contributed by atoms with Gasteiger partial charge in [-0.05, 0) is 38.8 Å². The minimum absolute atomic E-state index is 0.0663. The lowest BCUT2D eigenvalue weighted by Gasteiger charge is -2.43. The van der Waals surface area contributed by atoms with Crippen LogP contribution in [0, 0.1) is 11.3 Å². The summed E-state index contributed by atoms with van der Waals surface area (Å²) in [5.41, 5.74) is 0.498. The molecule has 6 nitrogen and oxygen atoms in total. The first-order valence-corrected chi connectivity index (χ1v) is 10.9. The fourth-order valence-electron chi connectivity index (χ4n) is 4.65. The zero-order valence-electron chi connectivity index (χ0n) is 18.1. The highest BCUT2D eigenvalue weighted by Gasteiger charge is 2.41. The van der Waals surface area contributed by atoms with E-state index in [0.717, 1.165) is 69.7 Å². The number of piperazine rings is 1. The molecular formula is C23H34N4O2. The van der Waals surface area contributed by atoms with Crippen LogP contribution >= 0.6 is 0 Å². The Labute approximate surface area is 175 Å². The van der Waals surface area contributed by atoms with Gasteiger partial charge >= 0.3 is 0 Å². The average molecular weight is 399 g/mol. The second-order valence-corrected chi connectivity index (χ2v) is 8.20. The van der Waals surface area contributed by atoms with Gasteiger partial charge in [-0.3, -0.25) is 9.69 Å². The van der Waals surface area contributed by atoms with Crippen molar-refractivity contribution in [2.45, 2.75) is 57.5 Å². The number of amides is 1. The molecule has 0 unspecified atom stereocenters. The molecule has 0 N–H and O–H groups in total. The monoisotopic (exact) mass is 398 g/mol. The van der Waals surface area contributed by atoms with Gasteiger partial charge in [0.05, 0.1) is 24.4 Å². The Morgan fingerprint density at radius 3 is 2.48 bits per heavy atom. The van der Waals surface area contributed by atoms with Crippen molar-refractivity contribution < 1.29 is 9.53 Å². The summed E-state index contributed by atoms with van der Waals surface area (Å²) in [5, 5.41) is 9.81. The van der Waals surface area contributed by atoms with E-state index in [-0.39, 0.29) is 11.9 Å². The molecule has 1 atom stereocenters. The minimum Gasteiger partial charge on any atom is -0.492 e. The number of rotatable bonds is 6.